The fourth-order valence-corrected chi connectivity index (χ4v) is 4.40. The van der Waals surface area contributed by atoms with Crippen molar-refractivity contribution in [3.63, 3.8) is 0 Å². The zero-order valence-electron chi connectivity index (χ0n) is 18.4. The lowest BCUT2D eigenvalue weighted by Gasteiger charge is -2.27. The molecule has 4 aromatic carbocycles. The Bertz CT molecular complexity index is 1360. The largest absolute Gasteiger partial charge is 0.369 e. The normalized spacial score (nSPS) is 14.5. The lowest BCUT2D eigenvalue weighted by molar-refractivity contribution is -0.130. The first kappa shape index (κ1) is 21.2. The van der Waals surface area contributed by atoms with Gasteiger partial charge in [-0.25, -0.2) is 4.99 Å². The van der Waals surface area contributed by atoms with E-state index in [4.69, 9.17) is 16.0 Å². The molecule has 0 radical (unpaired) electrons. The van der Waals surface area contributed by atoms with Gasteiger partial charge in [-0.1, -0.05) is 91.0 Å². The summed E-state index contributed by atoms with van der Waals surface area (Å²) in [7, 11) is 0. The first-order chi connectivity index (χ1) is 16.6. The summed E-state index contributed by atoms with van der Waals surface area (Å²) in [5.74, 6) is 0.0210. The summed E-state index contributed by atoms with van der Waals surface area (Å²) in [4.78, 5) is 20.3. The highest BCUT2D eigenvalue weighted by atomic mass is 16.2. The number of hydrogen-bond donors (Lipinski definition) is 1. The molecule has 0 aliphatic carbocycles. The van der Waals surface area contributed by atoms with Crippen LogP contribution >= 0.6 is 0 Å². The zero-order chi connectivity index (χ0) is 23.5. The summed E-state index contributed by atoms with van der Waals surface area (Å²) in [5.41, 5.74) is 10.3. The second-order valence-corrected chi connectivity index (χ2v) is 8.19. The van der Waals surface area contributed by atoms with Gasteiger partial charge in [-0.2, -0.15) is 5.26 Å². The molecule has 34 heavy (non-hydrogen) atoms. The second-order valence-electron chi connectivity index (χ2n) is 8.19. The number of aliphatic imine (C=N–C) groups is 1. The molecule has 0 atom stereocenters. The van der Waals surface area contributed by atoms with Crippen molar-refractivity contribution in [1.82, 2.24) is 4.90 Å². The van der Waals surface area contributed by atoms with Crippen molar-refractivity contribution in [2.24, 2.45) is 10.7 Å². The van der Waals surface area contributed by atoms with E-state index < -0.39 is 5.54 Å². The molecule has 4 aromatic rings. The number of nitrogens with two attached hydrogens (primary N) is 1. The molecule has 0 fully saturated rings. The minimum absolute atomic E-state index is 0.175. The van der Waals surface area contributed by atoms with Crippen LogP contribution in [-0.2, 0) is 16.9 Å². The number of rotatable bonds is 5. The van der Waals surface area contributed by atoms with E-state index >= 15 is 0 Å². The van der Waals surface area contributed by atoms with Gasteiger partial charge in [0, 0.05) is 0 Å². The molecule has 5 heteroatoms. The van der Waals surface area contributed by atoms with Crippen LogP contribution in [0.3, 0.4) is 0 Å². The Morgan fingerprint density at radius 3 is 2.00 bits per heavy atom. The Morgan fingerprint density at radius 2 is 1.41 bits per heavy atom. The maximum atomic E-state index is 14.0. The predicted octanol–water partition coefficient (Wildman–Crippen LogP) is 4.83. The van der Waals surface area contributed by atoms with Crippen molar-refractivity contribution in [3.05, 3.63) is 131 Å². The van der Waals surface area contributed by atoms with Crippen molar-refractivity contribution >= 4 is 11.9 Å². The Hall–Kier alpha value is -4.69. The third kappa shape index (κ3) is 3.62. The summed E-state index contributed by atoms with van der Waals surface area (Å²) in [5, 5.41) is 9.05. The van der Waals surface area contributed by atoms with Gasteiger partial charge in [-0.15, -0.1) is 0 Å². The van der Waals surface area contributed by atoms with Gasteiger partial charge in [-0.05, 0) is 46.0 Å². The van der Waals surface area contributed by atoms with Gasteiger partial charge in [0.1, 0.15) is 0 Å². The fraction of sp³-hybridized carbons (Fsp3) is 0.0690. The molecule has 0 unspecified atom stereocenters. The molecule has 1 aliphatic rings. The number of benzene rings is 4. The number of nitriles is 1. The lowest BCUT2D eigenvalue weighted by atomic mass is 9.83. The molecule has 0 saturated carbocycles. The highest BCUT2D eigenvalue weighted by Crippen LogP contribution is 2.40. The van der Waals surface area contributed by atoms with E-state index in [0.29, 0.717) is 12.1 Å². The van der Waals surface area contributed by atoms with Crippen LogP contribution in [0.2, 0.25) is 0 Å². The number of nitrogens with zero attached hydrogens (tertiary/aromatic N) is 3. The predicted molar refractivity (Wildman–Crippen MR) is 132 cm³/mol. The topological polar surface area (TPSA) is 82.5 Å². The second kappa shape index (κ2) is 8.68. The fourth-order valence-electron chi connectivity index (χ4n) is 4.40. The smallest absolute Gasteiger partial charge is 0.266 e. The Labute approximate surface area is 198 Å². The number of guanidine groups is 1. The van der Waals surface area contributed by atoms with Gasteiger partial charge >= 0.3 is 0 Å². The Kier molecular flexibility index (Phi) is 5.41. The summed E-state index contributed by atoms with van der Waals surface area (Å²) in [6, 6.07) is 36.7. The van der Waals surface area contributed by atoms with Crippen LogP contribution in [0, 0.1) is 11.3 Å². The number of carbonyl (C=O) groups is 1. The van der Waals surface area contributed by atoms with E-state index in [0.717, 1.165) is 27.8 Å². The summed E-state index contributed by atoms with van der Waals surface area (Å²) in [6.45, 7) is 0.305. The number of amides is 1. The van der Waals surface area contributed by atoms with E-state index in [9.17, 15) is 4.79 Å². The third-order valence-electron chi connectivity index (χ3n) is 6.11. The quantitative estimate of drug-likeness (QED) is 0.481. The van der Waals surface area contributed by atoms with Crippen molar-refractivity contribution in [1.29, 1.82) is 5.26 Å². The summed E-state index contributed by atoms with van der Waals surface area (Å²) < 4.78 is 0. The van der Waals surface area contributed by atoms with Crippen molar-refractivity contribution in [3.8, 4) is 17.2 Å². The molecule has 5 rings (SSSR count). The number of hydrogen-bond acceptors (Lipinski definition) is 4. The number of carbonyl (C=O) groups excluding carboxylic acids is 1. The average Bonchev–Trinajstić information content (AvgIpc) is 3.15. The third-order valence-corrected chi connectivity index (χ3v) is 6.11. The van der Waals surface area contributed by atoms with Gasteiger partial charge in [-0.3, -0.25) is 9.69 Å². The van der Waals surface area contributed by atoms with E-state index in [1.54, 1.807) is 17.0 Å². The highest BCUT2D eigenvalue weighted by Gasteiger charge is 2.50. The summed E-state index contributed by atoms with van der Waals surface area (Å²) >= 11 is 0. The standard InChI is InChI=1S/C29H22N4O/c30-19-21-14-16-23(17-15-21)24-9-7-8-22(18-24)20-33-27(34)29(32-28(33)31,25-10-3-1-4-11-25)26-12-5-2-6-13-26/h1-18H,20H2,(H2,31,32). The summed E-state index contributed by atoms with van der Waals surface area (Å²) in [6.07, 6.45) is 0. The molecular weight excluding hydrogens is 420 g/mol. The molecule has 5 nitrogen and oxygen atoms in total. The van der Waals surface area contributed by atoms with Crippen molar-refractivity contribution in [2.75, 3.05) is 0 Å². The van der Waals surface area contributed by atoms with E-state index in [1.165, 1.54) is 0 Å². The first-order valence-corrected chi connectivity index (χ1v) is 11.0. The highest BCUT2D eigenvalue weighted by molar-refractivity contribution is 6.09. The molecule has 1 amide bonds. The van der Waals surface area contributed by atoms with Crippen LogP contribution in [0.4, 0.5) is 0 Å². The molecule has 1 heterocycles. The minimum Gasteiger partial charge on any atom is -0.369 e. The molecular formula is C29H22N4O. The molecule has 164 valence electrons. The van der Waals surface area contributed by atoms with Gasteiger partial charge in [0.15, 0.2) is 11.5 Å². The van der Waals surface area contributed by atoms with Crippen LogP contribution in [0.15, 0.2) is 114 Å². The minimum atomic E-state index is -1.21. The molecule has 0 spiro atoms. The van der Waals surface area contributed by atoms with Gasteiger partial charge < -0.3 is 5.73 Å². The van der Waals surface area contributed by atoms with Gasteiger partial charge in [0.2, 0.25) is 0 Å². The molecule has 2 N–H and O–H groups in total. The van der Waals surface area contributed by atoms with Crippen LogP contribution in [0.1, 0.15) is 22.3 Å². The van der Waals surface area contributed by atoms with Crippen molar-refractivity contribution in [2.45, 2.75) is 12.1 Å². The molecule has 0 saturated heterocycles. The van der Waals surface area contributed by atoms with E-state index in [1.807, 2.05) is 97.1 Å². The van der Waals surface area contributed by atoms with E-state index in [-0.39, 0.29) is 11.9 Å². The molecule has 0 bridgehead atoms. The van der Waals surface area contributed by atoms with Gasteiger partial charge in [0.25, 0.3) is 5.91 Å². The van der Waals surface area contributed by atoms with E-state index in [2.05, 4.69) is 6.07 Å². The average molecular weight is 443 g/mol. The van der Waals surface area contributed by atoms with Crippen LogP contribution in [0.5, 0.6) is 0 Å². The lowest BCUT2D eigenvalue weighted by Crippen LogP contribution is -2.43. The van der Waals surface area contributed by atoms with Crippen LogP contribution in [0.25, 0.3) is 11.1 Å². The molecule has 1 aliphatic heterocycles. The van der Waals surface area contributed by atoms with Crippen LogP contribution in [-0.4, -0.2) is 16.8 Å². The van der Waals surface area contributed by atoms with Crippen molar-refractivity contribution < 1.29 is 4.79 Å². The van der Waals surface area contributed by atoms with Gasteiger partial charge in [0.05, 0.1) is 18.2 Å². The monoisotopic (exact) mass is 442 g/mol. The maximum Gasteiger partial charge on any atom is 0.266 e. The first-order valence-electron chi connectivity index (χ1n) is 11.0. The zero-order valence-corrected chi connectivity index (χ0v) is 18.4. The Morgan fingerprint density at radius 1 is 0.794 bits per heavy atom. The Balaban J connectivity index is 1.50. The molecule has 0 aromatic heterocycles. The van der Waals surface area contributed by atoms with Crippen LogP contribution < -0.4 is 5.73 Å². The SMILES string of the molecule is N#Cc1ccc(-c2cccc(CN3C(=O)C(c4ccccc4)(c4ccccc4)N=C3N)c2)cc1. The maximum absolute atomic E-state index is 14.0.